The third kappa shape index (κ3) is 3.24. The van der Waals surface area contributed by atoms with E-state index in [-0.39, 0.29) is 5.91 Å². The molecule has 25 heavy (non-hydrogen) atoms. The molecule has 4 rings (SSSR count). The first-order valence-corrected chi connectivity index (χ1v) is 9.19. The molecule has 0 bridgehead atoms. The zero-order valence-corrected chi connectivity index (χ0v) is 14.8. The molecular weight excluding hydrogens is 358 g/mol. The van der Waals surface area contributed by atoms with Gasteiger partial charge in [-0.2, -0.15) is 4.52 Å². The maximum Gasteiger partial charge on any atom is 0.266 e. The van der Waals surface area contributed by atoms with Gasteiger partial charge in [0.1, 0.15) is 5.75 Å². The van der Waals surface area contributed by atoms with Crippen molar-refractivity contribution in [3.63, 3.8) is 0 Å². The van der Waals surface area contributed by atoms with Crippen molar-refractivity contribution in [3.05, 3.63) is 47.8 Å². The molecule has 0 fully saturated rings. The van der Waals surface area contributed by atoms with E-state index in [0.29, 0.717) is 21.7 Å². The molecule has 0 spiro atoms. The molecule has 1 aromatic carbocycles. The zero-order valence-electron chi connectivity index (χ0n) is 13.1. The number of anilines is 1. The zero-order chi connectivity index (χ0) is 17.2. The van der Waals surface area contributed by atoms with Crippen LogP contribution >= 0.6 is 22.7 Å². The molecule has 3 aromatic heterocycles. The lowest BCUT2D eigenvalue weighted by molar-refractivity contribution is -0.122. The van der Waals surface area contributed by atoms with Gasteiger partial charge in [-0.3, -0.25) is 10.1 Å². The number of rotatable bonds is 5. The number of nitrogens with one attached hydrogen (secondary N) is 1. The molecule has 1 atom stereocenters. The summed E-state index contributed by atoms with van der Waals surface area (Å²) < 4.78 is 7.25. The molecule has 0 aliphatic rings. The second-order valence-electron chi connectivity index (χ2n) is 5.16. The number of amides is 1. The van der Waals surface area contributed by atoms with Crippen LogP contribution in [-0.2, 0) is 4.79 Å². The Morgan fingerprint density at radius 1 is 1.20 bits per heavy atom. The summed E-state index contributed by atoms with van der Waals surface area (Å²) in [7, 11) is 0. The molecule has 0 saturated carbocycles. The molecule has 0 unspecified atom stereocenters. The molecule has 0 saturated heterocycles. The minimum absolute atomic E-state index is 0.272. The van der Waals surface area contributed by atoms with Crippen LogP contribution in [0.25, 0.3) is 15.7 Å². The van der Waals surface area contributed by atoms with Crippen molar-refractivity contribution >= 4 is 38.7 Å². The third-order valence-electron chi connectivity index (χ3n) is 3.39. The fourth-order valence-electron chi connectivity index (χ4n) is 2.19. The van der Waals surface area contributed by atoms with Crippen LogP contribution in [0.5, 0.6) is 5.75 Å². The van der Waals surface area contributed by atoms with Gasteiger partial charge in [0.05, 0.1) is 4.88 Å². The summed E-state index contributed by atoms with van der Waals surface area (Å²) in [5.41, 5.74) is 0. The van der Waals surface area contributed by atoms with E-state index in [4.69, 9.17) is 4.74 Å². The van der Waals surface area contributed by atoms with Gasteiger partial charge in [0, 0.05) is 0 Å². The van der Waals surface area contributed by atoms with Crippen molar-refractivity contribution in [1.82, 2.24) is 19.8 Å². The third-order valence-corrected chi connectivity index (χ3v) is 5.07. The number of fused-ring (bicyclic) bond motifs is 1. The van der Waals surface area contributed by atoms with Gasteiger partial charge in [-0.1, -0.05) is 35.6 Å². The number of thiophene rings is 1. The first-order valence-electron chi connectivity index (χ1n) is 7.49. The van der Waals surface area contributed by atoms with Crippen LogP contribution in [0.4, 0.5) is 5.13 Å². The van der Waals surface area contributed by atoms with E-state index in [1.165, 1.54) is 11.3 Å². The smallest absolute Gasteiger partial charge is 0.266 e. The SMILES string of the molecule is C[C@@H](Oc1ccccc1)C(=O)Nc1nn2c(-c3cccs3)nnc2s1. The van der Waals surface area contributed by atoms with Gasteiger partial charge in [0.2, 0.25) is 10.1 Å². The number of para-hydroxylation sites is 1. The lowest BCUT2D eigenvalue weighted by atomic mass is 10.3. The minimum Gasteiger partial charge on any atom is -0.481 e. The van der Waals surface area contributed by atoms with E-state index in [1.807, 2.05) is 35.7 Å². The first-order chi connectivity index (χ1) is 12.2. The number of carbonyl (C=O) groups excluding carboxylic acids is 1. The van der Waals surface area contributed by atoms with Gasteiger partial charge in [-0.25, -0.2) is 0 Å². The Balaban J connectivity index is 1.50. The number of ether oxygens (including phenoxy) is 1. The maximum absolute atomic E-state index is 12.3. The van der Waals surface area contributed by atoms with E-state index in [9.17, 15) is 4.79 Å². The van der Waals surface area contributed by atoms with Crippen molar-refractivity contribution < 1.29 is 9.53 Å². The standard InChI is InChI=1S/C16H13N5O2S2/c1-10(23-11-6-3-2-4-7-11)14(22)17-15-20-21-13(12-8-5-9-24-12)18-19-16(21)25-15/h2-10H,1H3,(H,17,20,22)/t10-/m1/s1. The summed E-state index contributed by atoms with van der Waals surface area (Å²) in [6.07, 6.45) is -0.645. The maximum atomic E-state index is 12.3. The summed E-state index contributed by atoms with van der Waals surface area (Å²) in [6.45, 7) is 1.69. The molecule has 1 N–H and O–H groups in total. The summed E-state index contributed by atoms with van der Waals surface area (Å²) in [5.74, 6) is 1.03. The quantitative estimate of drug-likeness (QED) is 0.582. The topological polar surface area (TPSA) is 81.4 Å². The van der Waals surface area contributed by atoms with Gasteiger partial charge in [0.15, 0.2) is 11.9 Å². The van der Waals surface area contributed by atoms with Crippen molar-refractivity contribution in [2.45, 2.75) is 13.0 Å². The Bertz CT molecular complexity index is 994. The van der Waals surface area contributed by atoms with Crippen LogP contribution in [0.2, 0.25) is 0 Å². The number of aromatic nitrogens is 4. The lowest BCUT2D eigenvalue weighted by Crippen LogP contribution is -2.30. The van der Waals surface area contributed by atoms with Crippen molar-refractivity contribution in [2.75, 3.05) is 5.32 Å². The average molecular weight is 371 g/mol. The molecule has 0 aliphatic heterocycles. The van der Waals surface area contributed by atoms with Crippen LogP contribution in [0.1, 0.15) is 6.92 Å². The molecule has 126 valence electrons. The molecule has 0 aliphatic carbocycles. The lowest BCUT2D eigenvalue weighted by Gasteiger charge is -2.13. The molecule has 1 amide bonds. The van der Waals surface area contributed by atoms with Crippen LogP contribution < -0.4 is 10.1 Å². The number of hydrogen-bond donors (Lipinski definition) is 1. The summed E-state index contributed by atoms with van der Waals surface area (Å²) in [4.78, 5) is 13.9. The Hall–Kier alpha value is -2.78. The van der Waals surface area contributed by atoms with Crippen LogP contribution in [0, 0.1) is 0 Å². The monoisotopic (exact) mass is 371 g/mol. The Labute approximate surface area is 150 Å². The predicted molar refractivity (Wildman–Crippen MR) is 97.1 cm³/mol. The predicted octanol–water partition coefficient (Wildman–Crippen LogP) is 3.32. The summed E-state index contributed by atoms with van der Waals surface area (Å²) >= 11 is 2.82. The van der Waals surface area contributed by atoms with Gasteiger partial charge >= 0.3 is 0 Å². The second-order valence-corrected chi connectivity index (χ2v) is 7.07. The largest absolute Gasteiger partial charge is 0.481 e. The number of benzene rings is 1. The Morgan fingerprint density at radius 2 is 2.04 bits per heavy atom. The number of hydrogen-bond acceptors (Lipinski definition) is 7. The highest BCUT2D eigenvalue weighted by molar-refractivity contribution is 7.20. The summed E-state index contributed by atoms with van der Waals surface area (Å²) in [6, 6.07) is 13.1. The van der Waals surface area contributed by atoms with E-state index in [2.05, 4.69) is 20.6 Å². The van der Waals surface area contributed by atoms with E-state index < -0.39 is 6.10 Å². The van der Waals surface area contributed by atoms with Crippen LogP contribution in [-0.4, -0.2) is 31.8 Å². The molecule has 4 aromatic rings. The fourth-order valence-corrected chi connectivity index (χ4v) is 3.63. The fraction of sp³-hybridized carbons (Fsp3) is 0.125. The molecule has 7 nitrogen and oxygen atoms in total. The second kappa shape index (κ2) is 6.61. The Morgan fingerprint density at radius 3 is 2.80 bits per heavy atom. The minimum atomic E-state index is -0.645. The van der Waals surface area contributed by atoms with Gasteiger partial charge in [-0.05, 0) is 30.5 Å². The number of nitrogens with zero attached hydrogens (tertiary/aromatic N) is 4. The molecular formula is C16H13N5O2S2. The highest BCUT2D eigenvalue weighted by Gasteiger charge is 2.19. The van der Waals surface area contributed by atoms with Crippen molar-refractivity contribution in [1.29, 1.82) is 0 Å². The molecule has 0 radical (unpaired) electrons. The average Bonchev–Trinajstić information content (AvgIpc) is 3.32. The highest BCUT2D eigenvalue weighted by atomic mass is 32.1. The van der Waals surface area contributed by atoms with Gasteiger partial charge < -0.3 is 4.74 Å². The van der Waals surface area contributed by atoms with E-state index in [1.54, 1.807) is 34.9 Å². The molecule has 3 heterocycles. The molecule has 9 heteroatoms. The number of carbonyl (C=O) groups is 1. The Kier molecular flexibility index (Phi) is 4.16. The highest BCUT2D eigenvalue weighted by Crippen LogP contribution is 2.27. The van der Waals surface area contributed by atoms with Crippen molar-refractivity contribution in [3.8, 4) is 16.5 Å². The van der Waals surface area contributed by atoms with Gasteiger partial charge in [-0.15, -0.1) is 26.6 Å². The normalized spacial score (nSPS) is 12.2. The van der Waals surface area contributed by atoms with Crippen LogP contribution in [0.3, 0.4) is 0 Å². The van der Waals surface area contributed by atoms with Crippen LogP contribution in [0.15, 0.2) is 47.8 Å². The summed E-state index contributed by atoms with van der Waals surface area (Å²) in [5, 5.41) is 17.8. The van der Waals surface area contributed by atoms with Gasteiger partial charge in [0.25, 0.3) is 5.91 Å². The van der Waals surface area contributed by atoms with Crippen molar-refractivity contribution in [2.24, 2.45) is 0 Å². The van der Waals surface area contributed by atoms with E-state index in [0.717, 1.165) is 4.88 Å². The first kappa shape index (κ1) is 15.7. The van der Waals surface area contributed by atoms with E-state index >= 15 is 0 Å².